The van der Waals surface area contributed by atoms with Crippen LogP contribution in [0, 0.1) is 0 Å². The Morgan fingerprint density at radius 1 is 1.00 bits per heavy atom. The molecule has 0 spiro atoms. The smallest absolute Gasteiger partial charge is 0.493 e. The number of hydroxylamine groups is 1. The van der Waals surface area contributed by atoms with Gasteiger partial charge in [-0.25, -0.2) is 0 Å². The predicted octanol–water partition coefficient (Wildman–Crippen LogP) is 5.99. The molecule has 0 aliphatic heterocycles. The first kappa shape index (κ1) is 33.2. The summed E-state index contributed by atoms with van der Waals surface area (Å²) in [6.07, 6.45) is -9.19. The van der Waals surface area contributed by atoms with Gasteiger partial charge in [-0.05, 0) is 80.8 Å². The second-order valence-electron chi connectivity index (χ2n) is 9.54. The minimum atomic E-state index is -4.83. The van der Waals surface area contributed by atoms with Crippen LogP contribution in [-0.2, 0) is 28.5 Å². The molecule has 0 saturated carbocycles. The number of aryl methyl sites for hydroxylation is 2. The third kappa shape index (κ3) is 11.6. The molecule has 13 heteroatoms. The molecule has 0 bridgehead atoms. The van der Waals surface area contributed by atoms with Gasteiger partial charge in [0.05, 0.1) is 23.8 Å². The fourth-order valence-corrected chi connectivity index (χ4v) is 3.96. The lowest BCUT2D eigenvalue weighted by molar-refractivity contribution is -0.274. The standard InChI is InChI=1S/C27H33F6NO6/c1-18(35)10-12-25(34-37,17-39-19(2)36)13-11-21-8-9-24(23(16-21)26(28,29)30)38-14-4-6-20-5-3-7-22(15-20)40-27(31,32)33/h3,5,7-9,15-16,18,34-35,37H,4,6,10-14,17H2,1-2H3. The number of hydrogen-bond donors (Lipinski definition) is 3. The topological polar surface area (TPSA) is 97.3 Å². The summed E-state index contributed by atoms with van der Waals surface area (Å²) in [5.41, 5.74) is 0.726. The van der Waals surface area contributed by atoms with E-state index >= 15 is 0 Å². The number of carbonyl (C=O) groups is 1. The number of nitrogens with one attached hydrogen (secondary N) is 1. The molecule has 0 heterocycles. The first-order chi connectivity index (χ1) is 18.6. The highest BCUT2D eigenvalue weighted by atomic mass is 19.4. The van der Waals surface area contributed by atoms with Crippen molar-refractivity contribution in [2.75, 3.05) is 13.2 Å². The minimum absolute atomic E-state index is 0.0777. The fraction of sp³-hybridized carbons (Fsp3) is 0.519. The van der Waals surface area contributed by atoms with Crippen molar-refractivity contribution < 1.29 is 55.7 Å². The van der Waals surface area contributed by atoms with Crippen LogP contribution in [-0.4, -0.2) is 47.5 Å². The molecule has 0 fully saturated rings. The van der Waals surface area contributed by atoms with Gasteiger partial charge in [0.1, 0.15) is 18.1 Å². The molecule has 3 N–H and O–H groups in total. The number of esters is 1. The maximum atomic E-state index is 13.8. The Hall–Kier alpha value is -3.03. The Morgan fingerprint density at radius 3 is 2.30 bits per heavy atom. The Kier molecular flexibility index (Phi) is 12.1. The predicted molar refractivity (Wildman–Crippen MR) is 132 cm³/mol. The van der Waals surface area contributed by atoms with Crippen molar-refractivity contribution in [3.05, 3.63) is 59.2 Å². The molecular weight excluding hydrogens is 548 g/mol. The molecule has 2 aromatic rings. The number of rotatable bonds is 15. The van der Waals surface area contributed by atoms with E-state index in [-0.39, 0.29) is 57.5 Å². The first-order valence-corrected chi connectivity index (χ1v) is 12.5. The Bertz CT molecular complexity index is 1090. The average molecular weight is 582 g/mol. The summed E-state index contributed by atoms with van der Waals surface area (Å²) in [4.78, 5) is 11.3. The molecule has 2 aromatic carbocycles. The molecule has 2 atom stereocenters. The van der Waals surface area contributed by atoms with E-state index in [1.165, 1.54) is 31.2 Å². The summed E-state index contributed by atoms with van der Waals surface area (Å²) in [5.74, 6) is -1.38. The molecular formula is C27H33F6NO6. The third-order valence-corrected chi connectivity index (χ3v) is 6.07. The van der Waals surface area contributed by atoms with Crippen LogP contribution in [0.3, 0.4) is 0 Å². The van der Waals surface area contributed by atoms with E-state index in [1.807, 2.05) is 0 Å². The summed E-state index contributed by atoms with van der Waals surface area (Å²) in [6, 6.07) is 8.88. The highest BCUT2D eigenvalue weighted by Crippen LogP contribution is 2.37. The van der Waals surface area contributed by atoms with Gasteiger partial charge in [-0.1, -0.05) is 18.2 Å². The molecule has 224 valence electrons. The molecule has 40 heavy (non-hydrogen) atoms. The summed E-state index contributed by atoms with van der Waals surface area (Å²) >= 11 is 0. The van der Waals surface area contributed by atoms with Gasteiger partial charge in [-0.3, -0.25) is 4.79 Å². The second-order valence-corrected chi connectivity index (χ2v) is 9.54. The Balaban J connectivity index is 2.07. The number of halogens is 6. The number of alkyl halides is 6. The fourth-order valence-electron chi connectivity index (χ4n) is 3.96. The van der Waals surface area contributed by atoms with E-state index in [0.717, 1.165) is 12.1 Å². The van der Waals surface area contributed by atoms with Crippen LogP contribution < -0.4 is 15.0 Å². The number of benzene rings is 2. The molecule has 2 unspecified atom stereocenters. The lowest BCUT2D eigenvalue weighted by Gasteiger charge is -2.32. The van der Waals surface area contributed by atoms with Crippen LogP contribution >= 0.6 is 0 Å². The molecule has 0 aliphatic rings. The van der Waals surface area contributed by atoms with Gasteiger partial charge in [-0.2, -0.15) is 18.7 Å². The van der Waals surface area contributed by atoms with E-state index in [1.54, 1.807) is 13.0 Å². The lowest BCUT2D eigenvalue weighted by atomic mass is 9.87. The molecule has 0 saturated heterocycles. The summed E-state index contributed by atoms with van der Waals surface area (Å²) in [7, 11) is 0. The van der Waals surface area contributed by atoms with E-state index in [2.05, 4.69) is 10.2 Å². The van der Waals surface area contributed by atoms with Crippen LogP contribution in [0.15, 0.2) is 42.5 Å². The van der Waals surface area contributed by atoms with Gasteiger partial charge in [0.25, 0.3) is 0 Å². The number of aliphatic hydroxyl groups excluding tert-OH is 1. The van der Waals surface area contributed by atoms with Gasteiger partial charge in [0, 0.05) is 6.92 Å². The van der Waals surface area contributed by atoms with E-state index in [0.29, 0.717) is 11.1 Å². The third-order valence-electron chi connectivity index (χ3n) is 6.07. The molecule has 0 amide bonds. The quantitative estimate of drug-likeness (QED) is 0.103. The minimum Gasteiger partial charge on any atom is -0.493 e. The first-order valence-electron chi connectivity index (χ1n) is 12.5. The zero-order chi connectivity index (χ0) is 30.0. The number of carbonyl (C=O) groups excluding carboxylic acids is 1. The lowest BCUT2D eigenvalue weighted by Crippen LogP contribution is -2.49. The van der Waals surface area contributed by atoms with Crippen LogP contribution in [0.4, 0.5) is 26.3 Å². The second kappa shape index (κ2) is 14.6. The number of aliphatic hydroxyl groups is 1. The largest absolute Gasteiger partial charge is 0.573 e. The monoisotopic (exact) mass is 581 g/mol. The molecule has 0 aliphatic carbocycles. The van der Waals surface area contributed by atoms with E-state index in [9.17, 15) is 41.5 Å². The van der Waals surface area contributed by atoms with Crippen molar-refractivity contribution in [2.45, 2.75) is 76.6 Å². The molecule has 2 rings (SSSR count). The van der Waals surface area contributed by atoms with Gasteiger partial charge in [0.15, 0.2) is 0 Å². The van der Waals surface area contributed by atoms with Crippen molar-refractivity contribution in [2.24, 2.45) is 0 Å². The van der Waals surface area contributed by atoms with Gasteiger partial charge >= 0.3 is 18.5 Å². The highest BCUT2D eigenvalue weighted by molar-refractivity contribution is 5.66. The highest BCUT2D eigenvalue weighted by Gasteiger charge is 2.36. The number of hydrogen-bond acceptors (Lipinski definition) is 7. The van der Waals surface area contributed by atoms with Crippen molar-refractivity contribution >= 4 is 5.97 Å². The average Bonchev–Trinajstić information content (AvgIpc) is 2.85. The van der Waals surface area contributed by atoms with Crippen molar-refractivity contribution in [1.82, 2.24) is 5.48 Å². The molecule has 7 nitrogen and oxygen atoms in total. The Morgan fingerprint density at radius 2 is 1.70 bits per heavy atom. The van der Waals surface area contributed by atoms with Gasteiger partial charge in [-0.15, -0.1) is 13.2 Å². The maximum Gasteiger partial charge on any atom is 0.573 e. The van der Waals surface area contributed by atoms with Crippen LogP contribution in [0.2, 0.25) is 0 Å². The summed E-state index contributed by atoms with van der Waals surface area (Å²) in [6.45, 7) is 2.36. The van der Waals surface area contributed by atoms with Gasteiger partial charge in [0.2, 0.25) is 0 Å². The normalized spacial score (nSPS) is 14.3. The van der Waals surface area contributed by atoms with Crippen molar-refractivity contribution in [3.8, 4) is 11.5 Å². The zero-order valence-corrected chi connectivity index (χ0v) is 22.1. The van der Waals surface area contributed by atoms with Gasteiger partial charge < -0.3 is 24.5 Å². The SMILES string of the molecule is CC(=O)OCC(CCc1ccc(OCCCc2cccc(OC(F)(F)F)c2)c(C(F)(F)F)c1)(CCC(C)O)NO. The van der Waals surface area contributed by atoms with Crippen molar-refractivity contribution in [1.29, 1.82) is 0 Å². The maximum absolute atomic E-state index is 13.8. The zero-order valence-electron chi connectivity index (χ0n) is 22.1. The van der Waals surface area contributed by atoms with Crippen LogP contribution in [0.5, 0.6) is 11.5 Å². The number of ether oxygens (including phenoxy) is 3. The van der Waals surface area contributed by atoms with Crippen LogP contribution in [0.25, 0.3) is 0 Å². The van der Waals surface area contributed by atoms with Crippen LogP contribution in [0.1, 0.15) is 56.2 Å². The molecule has 0 radical (unpaired) electrons. The van der Waals surface area contributed by atoms with E-state index in [4.69, 9.17) is 9.47 Å². The van der Waals surface area contributed by atoms with Crippen molar-refractivity contribution in [3.63, 3.8) is 0 Å². The molecule has 0 aromatic heterocycles. The Labute approximate surface area is 228 Å². The summed E-state index contributed by atoms with van der Waals surface area (Å²) in [5, 5.41) is 19.4. The van der Waals surface area contributed by atoms with E-state index < -0.39 is 41.5 Å². The summed E-state index contributed by atoms with van der Waals surface area (Å²) < 4.78 is 93.0.